The summed E-state index contributed by atoms with van der Waals surface area (Å²) in [4.78, 5) is 12.2. The molecule has 0 spiro atoms. The first-order valence-corrected chi connectivity index (χ1v) is 14.3. The standard InChI is InChI=1S/C30H30N4OS2/c1-19(2)18-34-28-23-8-5-4-7-21(23)17-26(28)37-30(34)32-22-13-11-20(12-14-22)15-16-31-29-33-27-24(35-3)9-6-10-25(27)36-29/h4-14,26,28H,1,15-18H2,2-3H3,(H,31,33)/b32-30-/t26?,28-/m0/s1. The van der Waals surface area contributed by atoms with Gasteiger partial charge in [-0.1, -0.05) is 77.7 Å². The van der Waals surface area contributed by atoms with Crippen molar-refractivity contribution in [2.45, 2.75) is 31.1 Å². The lowest BCUT2D eigenvalue weighted by Gasteiger charge is -2.26. The molecule has 6 rings (SSSR count). The van der Waals surface area contributed by atoms with Crippen LogP contribution in [0.1, 0.15) is 29.7 Å². The summed E-state index contributed by atoms with van der Waals surface area (Å²) in [6.45, 7) is 7.95. The van der Waals surface area contributed by atoms with Gasteiger partial charge in [0.15, 0.2) is 10.3 Å². The van der Waals surface area contributed by atoms with Crippen molar-refractivity contribution in [3.63, 3.8) is 0 Å². The quantitative estimate of drug-likeness (QED) is 0.245. The van der Waals surface area contributed by atoms with Gasteiger partial charge in [0.1, 0.15) is 11.3 Å². The predicted molar refractivity (Wildman–Crippen MR) is 158 cm³/mol. The molecule has 1 saturated heterocycles. The molecule has 5 nitrogen and oxygen atoms in total. The highest BCUT2D eigenvalue weighted by Gasteiger charge is 2.44. The summed E-state index contributed by atoms with van der Waals surface area (Å²) in [6, 6.07) is 23.9. The maximum absolute atomic E-state index is 5.43. The molecule has 2 heterocycles. The predicted octanol–water partition coefficient (Wildman–Crippen LogP) is 7.24. The van der Waals surface area contributed by atoms with Crippen LogP contribution < -0.4 is 10.1 Å². The highest BCUT2D eigenvalue weighted by Crippen LogP contribution is 2.49. The number of fused-ring (bicyclic) bond motifs is 4. The largest absolute Gasteiger partial charge is 0.494 e. The molecule has 0 bridgehead atoms. The molecule has 7 heteroatoms. The average Bonchev–Trinajstić information content (AvgIpc) is 3.57. The van der Waals surface area contributed by atoms with Crippen molar-refractivity contribution in [1.29, 1.82) is 0 Å². The van der Waals surface area contributed by atoms with Crippen LogP contribution in [0.4, 0.5) is 10.8 Å². The van der Waals surface area contributed by atoms with Crippen molar-refractivity contribution in [3.05, 3.63) is 95.6 Å². The van der Waals surface area contributed by atoms with Gasteiger partial charge in [-0.25, -0.2) is 9.98 Å². The molecule has 37 heavy (non-hydrogen) atoms. The molecule has 2 aliphatic rings. The van der Waals surface area contributed by atoms with Crippen molar-refractivity contribution in [1.82, 2.24) is 9.88 Å². The number of nitrogens with zero attached hydrogens (tertiary/aromatic N) is 3. The third kappa shape index (κ3) is 4.86. The number of methoxy groups -OCH3 is 1. The molecule has 188 valence electrons. The van der Waals surface area contributed by atoms with Crippen LogP contribution in [0.5, 0.6) is 5.75 Å². The Balaban J connectivity index is 1.12. The van der Waals surface area contributed by atoms with E-state index < -0.39 is 0 Å². The zero-order valence-electron chi connectivity index (χ0n) is 21.1. The number of aromatic nitrogens is 1. The second kappa shape index (κ2) is 10.2. The van der Waals surface area contributed by atoms with E-state index in [1.807, 2.05) is 23.9 Å². The number of thioether (sulfide) groups is 1. The Morgan fingerprint density at radius 3 is 2.78 bits per heavy atom. The summed E-state index contributed by atoms with van der Waals surface area (Å²) in [5.74, 6) is 0.814. The number of para-hydroxylation sites is 1. The Labute approximate surface area is 226 Å². The van der Waals surface area contributed by atoms with Gasteiger partial charge < -0.3 is 15.0 Å². The molecule has 0 radical (unpaired) electrons. The fourth-order valence-electron chi connectivity index (χ4n) is 5.21. The van der Waals surface area contributed by atoms with E-state index in [0.29, 0.717) is 11.3 Å². The van der Waals surface area contributed by atoms with E-state index in [1.165, 1.54) is 16.7 Å². The van der Waals surface area contributed by atoms with Crippen molar-refractivity contribution in [2.24, 2.45) is 4.99 Å². The molecular formula is C30H30N4OS2. The summed E-state index contributed by atoms with van der Waals surface area (Å²) >= 11 is 3.57. The van der Waals surface area contributed by atoms with Crippen molar-refractivity contribution in [3.8, 4) is 5.75 Å². The third-order valence-electron chi connectivity index (χ3n) is 6.88. The zero-order valence-corrected chi connectivity index (χ0v) is 22.7. The average molecular weight is 527 g/mol. The number of benzene rings is 3. The number of rotatable bonds is 8. The molecule has 4 aromatic rings. The van der Waals surface area contributed by atoms with E-state index in [0.717, 1.165) is 63.5 Å². The van der Waals surface area contributed by atoms with Crippen LogP contribution in [0.2, 0.25) is 0 Å². The smallest absolute Gasteiger partial charge is 0.183 e. The van der Waals surface area contributed by atoms with Gasteiger partial charge in [-0.2, -0.15) is 0 Å². The topological polar surface area (TPSA) is 49.8 Å². The number of aliphatic imine (C=N–C) groups is 1. The zero-order chi connectivity index (χ0) is 25.4. The number of anilines is 1. The highest BCUT2D eigenvalue weighted by molar-refractivity contribution is 8.14. The molecule has 1 N–H and O–H groups in total. The lowest BCUT2D eigenvalue weighted by atomic mass is 10.1. The lowest BCUT2D eigenvalue weighted by Crippen LogP contribution is -2.29. The molecule has 0 saturated carbocycles. The van der Waals surface area contributed by atoms with Crippen LogP contribution in [0, 0.1) is 0 Å². The Morgan fingerprint density at radius 1 is 1.14 bits per heavy atom. The maximum Gasteiger partial charge on any atom is 0.183 e. The number of amidine groups is 1. The lowest BCUT2D eigenvalue weighted by molar-refractivity contribution is 0.363. The fourth-order valence-corrected chi connectivity index (χ4v) is 7.54. The van der Waals surface area contributed by atoms with Crippen LogP contribution in [-0.2, 0) is 12.8 Å². The van der Waals surface area contributed by atoms with Crippen LogP contribution in [0.25, 0.3) is 10.2 Å². The van der Waals surface area contributed by atoms with E-state index in [-0.39, 0.29) is 0 Å². The van der Waals surface area contributed by atoms with E-state index in [2.05, 4.69) is 78.3 Å². The van der Waals surface area contributed by atoms with Gasteiger partial charge in [0, 0.05) is 18.3 Å². The Kier molecular flexibility index (Phi) is 6.65. The molecule has 2 atom stereocenters. The monoisotopic (exact) mass is 526 g/mol. The second-order valence-electron chi connectivity index (χ2n) is 9.65. The highest BCUT2D eigenvalue weighted by atomic mass is 32.2. The van der Waals surface area contributed by atoms with E-state index in [4.69, 9.17) is 14.7 Å². The van der Waals surface area contributed by atoms with Crippen LogP contribution in [0.15, 0.2) is 83.9 Å². The summed E-state index contributed by atoms with van der Waals surface area (Å²) in [6.07, 6.45) is 2.02. The van der Waals surface area contributed by atoms with Gasteiger partial charge in [-0.05, 0) is 60.7 Å². The second-order valence-corrected chi connectivity index (χ2v) is 11.9. The molecule has 1 unspecified atom stereocenters. The maximum atomic E-state index is 5.43. The van der Waals surface area contributed by atoms with E-state index in [9.17, 15) is 0 Å². The van der Waals surface area contributed by atoms with E-state index in [1.54, 1.807) is 18.4 Å². The first-order valence-electron chi connectivity index (χ1n) is 12.6. The van der Waals surface area contributed by atoms with Crippen molar-refractivity contribution in [2.75, 3.05) is 25.5 Å². The van der Waals surface area contributed by atoms with Crippen molar-refractivity contribution >= 4 is 49.3 Å². The SMILES string of the molecule is C=C(C)CN1/C(=N/c2ccc(CCNc3nc4c(OC)cccc4s3)cc2)SC2Cc3ccccc3[C@@H]21. The molecular weight excluding hydrogens is 496 g/mol. The van der Waals surface area contributed by atoms with Crippen LogP contribution >= 0.6 is 23.1 Å². The summed E-state index contributed by atoms with van der Waals surface area (Å²) < 4.78 is 6.56. The van der Waals surface area contributed by atoms with Crippen molar-refractivity contribution < 1.29 is 4.74 Å². The Bertz CT molecular complexity index is 1480. The first kappa shape index (κ1) is 24.1. The molecule has 3 aromatic carbocycles. The van der Waals surface area contributed by atoms with Gasteiger partial charge in [0.25, 0.3) is 0 Å². The fraction of sp³-hybridized carbons (Fsp3) is 0.267. The summed E-state index contributed by atoms with van der Waals surface area (Å²) in [5.41, 5.74) is 7.27. The Hall–Kier alpha value is -3.29. The number of ether oxygens (including phenoxy) is 1. The normalized spacial score (nSPS) is 19.3. The Morgan fingerprint density at radius 2 is 1.97 bits per heavy atom. The molecule has 1 aromatic heterocycles. The first-order chi connectivity index (χ1) is 18.1. The molecule has 0 amide bonds. The number of hydrogen-bond donors (Lipinski definition) is 1. The molecule has 1 fully saturated rings. The molecule has 1 aliphatic carbocycles. The third-order valence-corrected chi connectivity index (χ3v) is 9.12. The summed E-state index contributed by atoms with van der Waals surface area (Å²) in [7, 11) is 1.68. The van der Waals surface area contributed by atoms with Gasteiger partial charge in [-0.15, -0.1) is 0 Å². The van der Waals surface area contributed by atoms with Gasteiger partial charge in [0.2, 0.25) is 0 Å². The number of nitrogens with one attached hydrogen (secondary N) is 1. The van der Waals surface area contributed by atoms with Gasteiger partial charge in [-0.3, -0.25) is 0 Å². The summed E-state index contributed by atoms with van der Waals surface area (Å²) in [5, 5.41) is 6.01. The number of thiazole rings is 1. The molecule has 1 aliphatic heterocycles. The van der Waals surface area contributed by atoms with Gasteiger partial charge >= 0.3 is 0 Å². The minimum absolute atomic E-state index is 0.379. The van der Waals surface area contributed by atoms with Gasteiger partial charge in [0.05, 0.1) is 23.5 Å². The minimum atomic E-state index is 0.379. The van der Waals surface area contributed by atoms with Crippen LogP contribution in [-0.4, -0.2) is 40.5 Å². The van der Waals surface area contributed by atoms with Crippen LogP contribution in [0.3, 0.4) is 0 Å². The number of hydrogen-bond acceptors (Lipinski definition) is 6. The van der Waals surface area contributed by atoms with E-state index >= 15 is 0 Å². The minimum Gasteiger partial charge on any atom is -0.494 e.